The van der Waals surface area contributed by atoms with E-state index in [9.17, 15) is 4.79 Å². The third kappa shape index (κ3) is 2.31. The maximum atomic E-state index is 11.9. The van der Waals surface area contributed by atoms with Crippen molar-refractivity contribution in [2.45, 2.75) is 44.9 Å². The molecule has 0 aromatic carbocycles. The highest BCUT2D eigenvalue weighted by atomic mass is 35.5. The SMILES string of the molecule is C[C@@H](Oc1nc(Cl)cc2ncn(C3CC3)c12)N1CCCC1=O. The molecule has 116 valence electrons. The molecule has 22 heavy (non-hydrogen) atoms. The van der Waals surface area contributed by atoms with Gasteiger partial charge >= 0.3 is 0 Å². The molecule has 1 atom stereocenters. The lowest BCUT2D eigenvalue weighted by Gasteiger charge is -2.24. The zero-order valence-corrected chi connectivity index (χ0v) is 13.1. The number of aromatic nitrogens is 3. The first kappa shape index (κ1) is 13.8. The van der Waals surface area contributed by atoms with Gasteiger partial charge in [0.25, 0.3) is 0 Å². The molecule has 2 aliphatic rings. The van der Waals surface area contributed by atoms with Gasteiger partial charge in [-0.2, -0.15) is 4.98 Å². The predicted octanol–water partition coefficient (Wildman–Crippen LogP) is 2.77. The van der Waals surface area contributed by atoms with E-state index in [-0.39, 0.29) is 12.1 Å². The lowest BCUT2D eigenvalue weighted by Crippen LogP contribution is -2.38. The van der Waals surface area contributed by atoms with Crippen LogP contribution in [-0.4, -0.2) is 38.1 Å². The van der Waals surface area contributed by atoms with Crippen LogP contribution in [0.5, 0.6) is 5.88 Å². The monoisotopic (exact) mass is 320 g/mol. The summed E-state index contributed by atoms with van der Waals surface area (Å²) < 4.78 is 8.09. The zero-order chi connectivity index (χ0) is 15.3. The Balaban J connectivity index is 1.70. The highest BCUT2D eigenvalue weighted by Crippen LogP contribution is 2.39. The van der Waals surface area contributed by atoms with Crippen molar-refractivity contribution in [1.29, 1.82) is 0 Å². The minimum Gasteiger partial charge on any atom is -0.452 e. The van der Waals surface area contributed by atoms with Crippen molar-refractivity contribution in [2.24, 2.45) is 0 Å². The number of hydrogen-bond donors (Lipinski definition) is 0. The predicted molar refractivity (Wildman–Crippen MR) is 81.8 cm³/mol. The molecule has 1 saturated carbocycles. The Morgan fingerprint density at radius 2 is 2.27 bits per heavy atom. The second-order valence-electron chi connectivity index (χ2n) is 5.91. The van der Waals surface area contributed by atoms with E-state index < -0.39 is 0 Å². The smallest absolute Gasteiger partial charge is 0.243 e. The van der Waals surface area contributed by atoms with Crippen molar-refractivity contribution < 1.29 is 9.53 Å². The number of ether oxygens (including phenoxy) is 1. The standard InChI is InChI=1S/C15H17ClN4O2/c1-9(19-6-2-3-13(19)21)22-15-14-11(7-12(16)18-15)17-8-20(14)10-4-5-10/h7-10H,2-6H2,1H3/t9-/m1/s1. The maximum absolute atomic E-state index is 11.9. The van der Waals surface area contributed by atoms with Crippen LogP contribution in [0.15, 0.2) is 12.4 Å². The van der Waals surface area contributed by atoms with Gasteiger partial charge in [0.05, 0.1) is 11.8 Å². The van der Waals surface area contributed by atoms with Crippen LogP contribution in [0.2, 0.25) is 5.15 Å². The zero-order valence-electron chi connectivity index (χ0n) is 12.3. The van der Waals surface area contributed by atoms with Gasteiger partial charge in [0.2, 0.25) is 11.8 Å². The number of fused-ring (bicyclic) bond motifs is 1. The van der Waals surface area contributed by atoms with Crippen LogP contribution in [-0.2, 0) is 4.79 Å². The van der Waals surface area contributed by atoms with Crippen LogP contribution in [0.1, 0.15) is 38.6 Å². The van der Waals surface area contributed by atoms with E-state index >= 15 is 0 Å². The summed E-state index contributed by atoms with van der Waals surface area (Å²) >= 11 is 6.08. The summed E-state index contributed by atoms with van der Waals surface area (Å²) in [6, 6.07) is 2.22. The van der Waals surface area contributed by atoms with E-state index in [0.29, 0.717) is 23.5 Å². The number of nitrogens with zero attached hydrogens (tertiary/aromatic N) is 4. The van der Waals surface area contributed by atoms with Crippen LogP contribution in [0.25, 0.3) is 11.0 Å². The molecule has 2 fully saturated rings. The van der Waals surface area contributed by atoms with E-state index in [4.69, 9.17) is 16.3 Å². The average Bonchev–Trinajstić information content (AvgIpc) is 3.08. The van der Waals surface area contributed by atoms with E-state index in [1.54, 1.807) is 11.0 Å². The normalized spacial score (nSPS) is 19.9. The summed E-state index contributed by atoms with van der Waals surface area (Å²) in [6.07, 6.45) is 5.23. The number of pyridine rings is 1. The third-order valence-corrected chi connectivity index (χ3v) is 4.45. The molecule has 1 amide bonds. The molecule has 7 heteroatoms. The van der Waals surface area contributed by atoms with Gasteiger partial charge in [0.1, 0.15) is 10.7 Å². The Hall–Kier alpha value is -1.82. The molecule has 6 nitrogen and oxygen atoms in total. The average molecular weight is 321 g/mol. The molecule has 0 N–H and O–H groups in total. The van der Waals surface area contributed by atoms with E-state index in [0.717, 1.165) is 36.8 Å². The Labute approximate surface area is 133 Å². The van der Waals surface area contributed by atoms with Crippen LogP contribution in [0.4, 0.5) is 0 Å². The summed E-state index contributed by atoms with van der Waals surface area (Å²) in [4.78, 5) is 22.3. The molecule has 3 heterocycles. The fourth-order valence-corrected chi connectivity index (χ4v) is 3.17. The van der Waals surface area contributed by atoms with Crippen molar-refractivity contribution in [3.63, 3.8) is 0 Å². The molecule has 1 aliphatic heterocycles. The quantitative estimate of drug-likeness (QED) is 0.813. The lowest BCUT2D eigenvalue weighted by molar-refractivity contribution is -0.134. The van der Waals surface area contributed by atoms with Crippen molar-refractivity contribution in [1.82, 2.24) is 19.4 Å². The third-order valence-electron chi connectivity index (χ3n) is 4.26. The van der Waals surface area contributed by atoms with Crippen molar-refractivity contribution in [3.05, 3.63) is 17.5 Å². The van der Waals surface area contributed by atoms with E-state index in [2.05, 4.69) is 14.5 Å². The fourth-order valence-electron chi connectivity index (χ4n) is 2.99. The molecule has 1 saturated heterocycles. The van der Waals surface area contributed by atoms with Gasteiger partial charge in [-0.1, -0.05) is 11.6 Å². The first-order valence-electron chi connectivity index (χ1n) is 7.62. The fraction of sp³-hybridized carbons (Fsp3) is 0.533. The summed E-state index contributed by atoms with van der Waals surface area (Å²) in [7, 11) is 0. The Bertz CT molecular complexity index is 740. The number of imidazole rings is 1. The second-order valence-corrected chi connectivity index (χ2v) is 6.30. The van der Waals surface area contributed by atoms with Gasteiger partial charge in [0, 0.05) is 25.1 Å². The number of hydrogen-bond acceptors (Lipinski definition) is 4. The molecule has 1 aliphatic carbocycles. The number of likely N-dealkylation sites (tertiary alicyclic amines) is 1. The summed E-state index contributed by atoms with van der Waals surface area (Å²) in [5.74, 6) is 0.584. The van der Waals surface area contributed by atoms with Gasteiger partial charge in [0.15, 0.2) is 6.23 Å². The molecule has 0 unspecified atom stereocenters. The Morgan fingerprint density at radius 1 is 1.45 bits per heavy atom. The van der Waals surface area contributed by atoms with Gasteiger partial charge in [-0.05, 0) is 26.2 Å². The van der Waals surface area contributed by atoms with E-state index in [1.165, 1.54) is 0 Å². The Morgan fingerprint density at radius 3 is 2.95 bits per heavy atom. The van der Waals surface area contributed by atoms with Crippen molar-refractivity contribution in [3.8, 4) is 5.88 Å². The minimum atomic E-state index is -0.355. The van der Waals surface area contributed by atoms with Crippen LogP contribution >= 0.6 is 11.6 Å². The van der Waals surface area contributed by atoms with Crippen LogP contribution in [0.3, 0.4) is 0 Å². The number of carbonyl (C=O) groups is 1. The topological polar surface area (TPSA) is 60.3 Å². The van der Waals surface area contributed by atoms with Gasteiger partial charge in [-0.25, -0.2) is 4.98 Å². The molecule has 0 radical (unpaired) electrons. The van der Waals surface area contributed by atoms with Crippen molar-refractivity contribution >= 4 is 28.5 Å². The van der Waals surface area contributed by atoms with Gasteiger partial charge in [-0.15, -0.1) is 0 Å². The molecular weight excluding hydrogens is 304 g/mol. The molecule has 0 spiro atoms. The van der Waals surface area contributed by atoms with Gasteiger partial charge < -0.3 is 14.2 Å². The molecule has 4 rings (SSSR count). The maximum Gasteiger partial charge on any atom is 0.243 e. The molecule has 2 aromatic heterocycles. The first-order valence-corrected chi connectivity index (χ1v) is 8.00. The van der Waals surface area contributed by atoms with E-state index in [1.807, 2.05) is 13.3 Å². The Kier molecular flexibility index (Phi) is 3.22. The van der Waals surface area contributed by atoms with Crippen LogP contribution in [0, 0.1) is 0 Å². The minimum absolute atomic E-state index is 0.126. The number of carbonyl (C=O) groups excluding carboxylic acids is 1. The largest absolute Gasteiger partial charge is 0.452 e. The van der Waals surface area contributed by atoms with Gasteiger partial charge in [-0.3, -0.25) is 4.79 Å². The molecule has 2 aromatic rings. The summed E-state index contributed by atoms with van der Waals surface area (Å²) in [5.41, 5.74) is 1.65. The highest BCUT2D eigenvalue weighted by molar-refractivity contribution is 6.30. The first-order chi connectivity index (χ1) is 10.6. The molecule has 0 bridgehead atoms. The van der Waals surface area contributed by atoms with Crippen molar-refractivity contribution in [2.75, 3.05) is 6.54 Å². The second kappa shape index (κ2) is 5.12. The van der Waals surface area contributed by atoms with Crippen LogP contribution < -0.4 is 4.74 Å². The molecular formula is C15H17ClN4O2. The number of rotatable bonds is 4. The highest BCUT2D eigenvalue weighted by Gasteiger charge is 2.30. The lowest BCUT2D eigenvalue weighted by atomic mass is 10.4. The summed E-state index contributed by atoms with van der Waals surface area (Å²) in [5, 5.41) is 0.350. The summed E-state index contributed by atoms with van der Waals surface area (Å²) in [6.45, 7) is 2.60. The number of halogens is 1. The number of amides is 1.